The van der Waals surface area contributed by atoms with Gasteiger partial charge in [0, 0.05) is 22.0 Å². The van der Waals surface area contributed by atoms with Gasteiger partial charge < -0.3 is 4.74 Å². The molecule has 2 atom stereocenters. The largest absolute Gasteiger partial charge is 0.459 e. The van der Waals surface area contributed by atoms with Gasteiger partial charge in [-0.25, -0.2) is 9.69 Å². The molecule has 2 bridgehead atoms. The number of hydrogen-bond donors (Lipinski definition) is 0. The molecule has 0 unspecified atom stereocenters. The molecule has 3 aromatic rings. The highest BCUT2D eigenvalue weighted by Crippen LogP contribution is 2.64. The summed E-state index contributed by atoms with van der Waals surface area (Å²) in [5.74, 6) is -4.14. The Morgan fingerprint density at radius 2 is 1.47 bits per heavy atom. The molecule has 3 aliphatic carbocycles. The minimum absolute atomic E-state index is 0.270. The van der Waals surface area contributed by atoms with Crippen molar-refractivity contribution in [2.24, 2.45) is 11.8 Å². The topological polar surface area (TPSA) is 107 Å². The number of benzene rings is 3. The molecule has 0 saturated carbocycles. The Bertz CT molecular complexity index is 1410. The maximum atomic E-state index is 13.9. The number of amides is 2. The number of carbonyl (C=O) groups is 3. The van der Waals surface area contributed by atoms with Gasteiger partial charge in [0.2, 0.25) is 11.8 Å². The zero-order valence-corrected chi connectivity index (χ0v) is 19.6. The van der Waals surface area contributed by atoms with Crippen molar-refractivity contribution in [1.29, 1.82) is 0 Å². The van der Waals surface area contributed by atoms with Crippen LogP contribution in [0, 0.1) is 22.0 Å². The lowest BCUT2D eigenvalue weighted by Crippen LogP contribution is -2.57. The van der Waals surface area contributed by atoms with Crippen LogP contribution < -0.4 is 4.90 Å². The van der Waals surface area contributed by atoms with E-state index < -0.39 is 46.0 Å². The molecule has 1 aliphatic heterocycles. The van der Waals surface area contributed by atoms with Gasteiger partial charge in [-0.1, -0.05) is 48.5 Å². The van der Waals surface area contributed by atoms with E-state index in [0.717, 1.165) is 4.90 Å². The summed E-state index contributed by atoms with van der Waals surface area (Å²) in [6.45, 7) is 3.48. The monoisotopic (exact) mass is 482 g/mol. The summed E-state index contributed by atoms with van der Waals surface area (Å²) < 4.78 is 5.21. The van der Waals surface area contributed by atoms with Gasteiger partial charge in [-0.15, -0.1) is 0 Å². The quantitative estimate of drug-likeness (QED) is 0.240. The van der Waals surface area contributed by atoms with Crippen molar-refractivity contribution in [2.75, 3.05) is 4.90 Å². The van der Waals surface area contributed by atoms with Crippen molar-refractivity contribution in [3.05, 3.63) is 111 Å². The third-order valence-corrected chi connectivity index (χ3v) is 7.57. The predicted molar refractivity (Wildman–Crippen MR) is 129 cm³/mol. The molecule has 36 heavy (non-hydrogen) atoms. The first-order valence-electron chi connectivity index (χ1n) is 11.8. The third kappa shape index (κ3) is 2.66. The lowest BCUT2D eigenvalue weighted by Gasteiger charge is -2.48. The lowest BCUT2D eigenvalue weighted by molar-refractivity contribution is -0.578. The average Bonchev–Trinajstić information content (AvgIpc) is 3.14. The SMILES string of the molecule is CC(C)OC(=O)c1ccc(N2C(=O)[C@@H]3[C@@H](C2=O)C2c4ccccc4C3([N+](=O)[O-])c3ccccc32)cc1. The fraction of sp³-hybridized carbons (Fsp3) is 0.250. The molecule has 0 N–H and O–H groups in total. The Morgan fingerprint density at radius 1 is 0.917 bits per heavy atom. The summed E-state index contributed by atoms with van der Waals surface area (Å²) in [7, 11) is 0. The van der Waals surface area contributed by atoms with Crippen molar-refractivity contribution >= 4 is 23.5 Å². The smallest absolute Gasteiger partial charge is 0.338 e. The zero-order valence-electron chi connectivity index (χ0n) is 19.6. The second-order valence-electron chi connectivity index (χ2n) is 9.69. The molecular weight excluding hydrogens is 460 g/mol. The minimum atomic E-state index is -1.87. The number of hydrogen-bond acceptors (Lipinski definition) is 6. The van der Waals surface area contributed by atoms with Gasteiger partial charge in [0.1, 0.15) is 5.92 Å². The molecule has 1 saturated heterocycles. The van der Waals surface area contributed by atoms with E-state index in [9.17, 15) is 24.5 Å². The molecule has 4 aliphatic rings. The molecule has 0 spiro atoms. The molecule has 1 fully saturated rings. The number of carbonyl (C=O) groups excluding carboxylic acids is 3. The molecular formula is C28H22N2O6. The fourth-order valence-electron chi connectivity index (χ4n) is 6.33. The van der Waals surface area contributed by atoms with E-state index in [2.05, 4.69) is 0 Å². The zero-order chi connectivity index (χ0) is 25.4. The van der Waals surface area contributed by atoms with Crippen LogP contribution in [-0.2, 0) is 19.9 Å². The van der Waals surface area contributed by atoms with Crippen molar-refractivity contribution in [3.63, 3.8) is 0 Å². The number of esters is 1. The van der Waals surface area contributed by atoms with E-state index in [-0.39, 0.29) is 17.4 Å². The molecule has 0 radical (unpaired) electrons. The lowest BCUT2D eigenvalue weighted by atomic mass is 9.51. The van der Waals surface area contributed by atoms with Crippen LogP contribution in [0.4, 0.5) is 5.69 Å². The summed E-state index contributed by atoms with van der Waals surface area (Å²) >= 11 is 0. The van der Waals surface area contributed by atoms with Gasteiger partial charge in [0.25, 0.3) is 5.54 Å². The van der Waals surface area contributed by atoms with Gasteiger partial charge in [0.05, 0.1) is 23.3 Å². The number of rotatable bonds is 4. The average molecular weight is 482 g/mol. The highest BCUT2D eigenvalue weighted by Gasteiger charge is 2.74. The van der Waals surface area contributed by atoms with Crippen LogP contribution in [0.3, 0.4) is 0 Å². The summed E-state index contributed by atoms with van der Waals surface area (Å²) in [4.78, 5) is 53.7. The molecule has 8 nitrogen and oxygen atoms in total. The van der Waals surface area contributed by atoms with Crippen LogP contribution in [0.5, 0.6) is 0 Å². The molecule has 0 aromatic heterocycles. The first-order chi connectivity index (χ1) is 17.3. The number of nitrogens with zero attached hydrogens (tertiary/aromatic N) is 2. The third-order valence-electron chi connectivity index (χ3n) is 7.57. The van der Waals surface area contributed by atoms with E-state index >= 15 is 0 Å². The fourth-order valence-corrected chi connectivity index (χ4v) is 6.33. The first-order valence-corrected chi connectivity index (χ1v) is 11.8. The second-order valence-corrected chi connectivity index (χ2v) is 9.69. The number of nitro groups is 1. The van der Waals surface area contributed by atoms with Crippen LogP contribution in [0.15, 0.2) is 72.8 Å². The van der Waals surface area contributed by atoms with Crippen LogP contribution in [-0.4, -0.2) is 28.8 Å². The molecule has 8 heteroatoms. The molecule has 180 valence electrons. The second kappa shape index (κ2) is 7.58. The van der Waals surface area contributed by atoms with Gasteiger partial charge in [-0.3, -0.25) is 19.7 Å². The highest BCUT2D eigenvalue weighted by atomic mass is 16.6. The summed E-state index contributed by atoms with van der Waals surface area (Å²) in [6, 6.07) is 20.1. The van der Waals surface area contributed by atoms with Crippen LogP contribution in [0.2, 0.25) is 0 Å². The van der Waals surface area contributed by atoms with Gasteiger partial charge >= 0.3 is 5.97 Å². The van der Waals surface area contributed by atoms with E-state index in [0.29, 0.717) is 22.3 Å². The molecule has 7 rings (SSSR count). The Kier molecular flexibility index (Phi) is 4.67. The standard InChI is InChI=1S/C28H22N2O6/c1-15(2)36-27(33)16-11-13-17(14-12-16)29-25(31)23-22-18-7-3-5-9-20(18)28(30(34)35,24(23)26(29)32)21-10-6-4-8-19(21)22/h3-15,22-24H,1-2H3/t22?,23-,24-,28?/m0/s1. The Morgan fingerprint density at radius 3 is 2.00 bits per heavy atom. The molecule has 3 aromatic carbocycles. The predicted octanol–water partition coefficient (Wildman–Crippen LogP) is 4.04. The van der Waals surface area contributed by atoms with Crippen molar-refractivity contribution in [2.45, 2.75) is 31.4 Å². The molecule has 2 amide bonds. The summed E-state index contributed by atoms with van der Waals surface area (Å²) in [5.41, 5.74) is 1.05. The Labute approximate surface area is 206 Å². The van der Waals surface area contributed by atoms with Crippen molar-refractivity contribution in [1.82, 2.24) is 0 Å². The number of ether oxygens (including phenoxy) is 1. The minimum Gasteiger partial charge on any atom is -0.459 e. The summed E-state index contributed by atoms with van der Waals surface area (Å²) in [6.07, 6.45) is -0.293. The Balaban J connectivity index is 1.50. The maximum absolute atomic E-state index is 13.9. The van der Waals surface area contributed by atoms with Gasteiger partial charge in [-0.05, 0) is 49.2 Å². The van der Waals surface area contributed by atoms with Crippen LogP contribution in [0.1, 0.15) is 52.4 Å². The van der Waals surface area contributed by atoms with E-state index in [1.807, 2.05) is 12.1 Å². The van der Waals surface area contributed by atoms with Crippen LogP contribution >= 0.6 is 0 Å². The number of anilines is 1. The van der Waals surface area contributed by atoms with Gasteiger partial charge in [-0.2, -0.15) is 0 Å². The van der Waals surface area contributed by atoms with E-state index in [1.165, 1.54) is 24.3 Å². The van der Waals surface area contributed by atoms with Crippen molar-refractivity contribution < 1.29 is 24.0 Å². The highest BCUT2D eigenvalue weighted by molar-refractivity contribution is 6.23. The van der Waals surface area contributed by atoms with E-state index in [4.69, 9.17) is 4.74 Å². The normalized spacial score (nSPS) is 25.4. The maximum Gasteiger partial charge on any atom is 0.338 e. The first kappa shape index (κ1) is 22.2. The Hall–Kier alpha value is -4.33. The van der Waals surface area contributed by atoms with E-state index in [1.54, 1.807) is 50.2 Å². The summed E-state index contributed by atoms with van der Waals surface area (Å²) in [5, 5.41) is 13.0. The van der Waals surface area contributed by atoms with Crippen LogP contribution in [0.25, 0.3) is 0 Å². The number of imide groups is 1. The van der Waals surface area contributed by atoms with Crippen molar-refractivity contribution in [3.8, 4) is 0 Å². The van der Waals surface area contributed by atoms with Gasteiger partial charge in [0.15, 0.2) is 0 Å². The molecule has 1 heterocycles.